The van der Waals surface area contributed by atoms with Gasteiger partial charge in [0.1, 0.15) is 0 Å². The lowest BCUT2D eigenvalue weighted by atomic mass is 9.91. The molecule has 0 bridgehead atoms. The minimum atomic E-state index is 0.638. The first kappa shape index (κ1) is 10.5. The van der Waals surface area contributed by atoms with E-state index in [4.69, 9.17) is 5.73 Å². The topological polar surface area (TPSA) is 29.3 Å². The van der Waals surface area contributed by atoms with E-state index in [9.17, 15) is 0 Å². The molecule has 0 aliphatic heterocycles. The van der Waals surface area contributed by atoms with Gasteiger partial charge in [0.2, 0.25) is 0 Å². The number of anilines is 1. The maximum absolute atomic E-state index is 5.66. The molecule has 0 aromatic heterocycles. The molecule has 0 atom stereocenters. The van der Waals surface area contributed by atoms with Crippen LogP contribution in [0.2, 0.25) is 0 Å². The van der Waals surface area contributed by atoms with Gasteiger partial charge in [-0.2, -0.15) is 0 Å². The summed E-state index contributed by atoms with van der Waals surface area (Å²) in [4.78, 5) is 2.40. The van der Waals surface area contributed by atoms with Crippen LogP contribution >= 0.6 is 0 Å². The molecule has 2 rings (SSSR count). The maximum Gasteiger partial charge on any atom is 0.0368 e. The fraction of sp³-hybridized carbons (Fsp3) is 0.538. The van der Waals surface area contributed by atoms with Gasteiger partial charge in [0.15, 0.2) is 0 Å². The summed E-state index contributed by atoms with van der Waals surface area (Å²) in [6.45, 7) is 2.78. The molecule has 0 radical (unpaired) electrons. The van der Waals surface area contributed by atoms with Crippen LogP contribution in [0.3, 0.4) is 0 Å². The third-order valence-electron chi connectivity index (χ3n) is 3.58. The molecule has 2 heteroatoms. The van der Waals surface area contributed by atoms with Gasteiger partial charge in [-0.1, -0.05) is 6.07 Å². The summed E-state index contributed by atoms with van der Waals surface area (Å²) in [5.41, 5.74) is 9.55. The van der Waals surface area contributed by atoms with Crippen molar-refractivity contribution in [3.05, 3.63) is 29.3 Å². The van der Waals surface area contributed by atoms with E-state index in [1.54, 1.807) is 0 Å². The SMILES string of the molecule is Cc1cc(N(C)C2CCC2)ccc1CN. The molecule has 82 valence electrons. The molecule has 0 amide bonds. The Balaban J connectivity index is 2.17. The van der Waals surface area contributed by atoms with Gasteiger partial charge in [-0.05, 0) is 49.4 Å². The van der Waals surface area contributed by atoms with Gasteiger partial charge in [-0.15, -0.1) is 0 Å². The molecule has 1 aliphatic rings. The first-order chi connectivity index (χ1) is 7.22. The Morgan fingerprint density at radius 2 is 2.13 bits per heavy atom. The van der Waals surface area contributed by atoms with Crippen LogP contribution < -0.4 is 10.6 Å². The number of nitrogens with two attached hydrogens (primary N) is 1. The van der Waals surface area contributed by atoms with Crippen LogP contribution in [0.25, 0.3) is 0 Å². The molecule has 0 heterocycles. The highest BCUT2D eigenvalue weighted by atomic mass is 15.1. The lowest BCUT2D eigenvalue weighted by Crippen LogP contribution is -2.37. The Labute approximate surface area is 92.1 Å². The zero-order chi connectivity index (χ0) is 10.8. The smallest absolute Gasteiger partial charge is 0.0368 e. The monoisotopic (exact) mass is 204 g/mol. The second kappa shape index (κ2) is 4.23. The molecule has 1 fully saturated rings. The number of hydrogen-bond donors (Lipinski definition) is 1. The van der Waals surface area contributed by atoms with Crippen LogP contribution in [-0.2, 0) is 6.54 Å². The van der Waals surface area contributed by atoms with E-state index in [2.05, 4.69) is 37.1 Å². The molecule has 1 saturated carbocycles. The van der Waals surface area contributed by atoms with Crippen molar-refractivity contribution in [2.24, 2.45) is 5.73 Å². The molecule has 1 aliphatic carbocycles. The number of aryl methyl sites for hydroxylation is 1. The summed E-state index contributed by atoms with van der Waals surface area (Å²) in [7, 11) is 2.20. The highest BCUT2D eigenvalue weighted by molar-refractivity contribution is 5.51. The van der Waals surface area contributed by atoms with Crippen molar-refractivity contribution in [2.45, 2.75) is 38.8 Å². The quantitative estimate of drug-likeness (QED) is 0.819. The molecule has 1 aromatic rings. The molecule has 1 aromatic carbocycles. The molecule has 0 spiro atoms. The van der Waals surface area contributed by atoms with E-state index >= 15 is 0 Å². The summed E-state index contributed by atoms with van der Waals surface area (Å²) in [6.07, 6.45) is 4.07. The van der Waals surface area contributed by atoms with Crippen LogP contribution in [0.1, 0.15) is 30.4 Å². The van der Waals surface area contributed by atoms with Gasteiger partial charge in [0, 0.05) is 25.3 Å². The van der Waals surface area contributed by atoms with Crippen LogP contribution in [0.15, 0.2) is 18.2 Å². The molecular formula is C13H20N2. The molecule has 0 saturated heterocycles. The van der Waals surface area contributed by atoms with Crippen molar-refractivity contribution in [1.82, 2.24) is 0 Å². The average molecular weight is 204 g/mol. The molecule has 0 unspecified atom stereocenters. The van der Waals surface area contributed by atoms with Crippen molar-refractivity contribution in [2.75, 3.05) is 11.9 Å². The number of nitrogens with zero attached hydrogens (tertiary/aromatic N) is 1. The van der Waals surface area contributed by atoms with Gasteiger partial charge in [0.05, 0.1) is 0 Å². The predicted molar refractivity (Wildman–Crippen MR) is 65.1 cm³/mol. The fourth-order valence-corrected chi connectivity index (χ4v) is 2.11. The van der Waals surface area contributed by atoms with Crippen molar-refractivity contribution >= 4 is 5.69 Å². The van der Waals surface area contributed by atoms with Crippen LogP contribution in [0.4, 0.5) is 5.69 Å². The van der Waals surface area contributed by atoms with Gasteiger partial charge in [-0.3, -0.25) is 0 Å². The Morgan fingerprint density at radius 3 is 2.60 bits per heavy atom. The highest BCUT2D eigenvalue weighted by Crippen LogP contribution is 2.29. The summed E-state index contributed by atoms with van der Waals surface area (Å²) in [5.74, 6) is 0. The summed E-state index contributed by atoms with van der Waals surface area (Å²) in [5, 5.41) is 0. The van der Waals surface area contributed by atoms with Gasteiger partial charge in [-0.25, -0.2) is 0 Å². The first-order valence-corrected chi connectivity index (χ1v) is 5.75. The third kappa shape index (κ3) is 2.00. The highest BCUT2D eigenvalue weighted by Gasteiger charge is 2.22. The number of rotatable bonds is 3. The molecule has 2 N–H and O–H groups in total. The van der Waals surface area contributed by atoms with Gasteiger partial charge < -0.3 is 10.6 Å². The summed E-state index contributed by atoms with van der Waals surface area (Å²) >= 11 is 0. The summed E-state index contributed by atoms with van der Waals surface area (Å²) in [6, 6.07) is 7.35. The van der Waals surface area contributed by atoms with Crippen molar-refractivity contribution < 1.29 is 0 Å². The molecule has 2 nitrogen and oxygen atoms in total. The van der Waals surface area contributed by atoms with Crippen molar-refractivity contribution in [3.63, 3.8) is 0 Å². The third-order valence-corrected chi connectivity index (χ3v) is 3.58. The standard InChI is InChI=1S/C13H20N2/c1-10-8-13(7-6-11(10)9-14)15(2)12-4-3-5-12/h6-8,12H,3-5,9,14H2,1-2H3. The largest absolute Gasteiger partial charge is 0.372 e. The Morgan fingerprint density at radius 1 is 1.40 bits per heavy atom. The van der Waals surface area contributed by atoms with Gasteiger partial charge in [0.25, 0.3) is 0 Å². The normalized spacial score (nSPS) is 16.2. The summed E-state index contributed by atoms with van der Waals surface area (Å²) < 4.78 is 0. The van der Waals surface area contributed by atoms with Crippen LogP contribution in [0, 0.1) is 6.92 Å². The molecule has 15 heavy (non-hydrogen) atoms. The minimum absolute atomic E-state index is 0.638. The molecular weight excluding hydrogens is 184 g/mol. The zero-order valence-electron chi connectivity index (χ0n) is 9.66. The van der Waals surface area contributed by atoms with E-state index in [-0.39, 0.29) is 0 Å². The van der Waals surface area contributed by atoms with Gasteiger partial charge >= 0.3 is 0 Å². The van der Waals surface area contributed by atoms with E-state index in [0.29, 0.717) is 6.54 Å². The average Bonchev–Trinajstić information content (AvgIpc) is 2.15. The lowest BCUT2D eigenvalue weighted by molar-refractivity contribution is 0.401. The van der Waals surface area contributed by atoms with E-state index in [1.165, 1.54) is 36.1 Å². The first-order valence-electron chi connectivity index (χ1n) is 5.75. The number of benzene rings is 1. The van der Waals surface area contributed by atoms with Crippen molar-refractivity contribution in [3.8, 4) is 0 Å². The minimum Gasteiger partial charge on any atom is -0.372 e. The van der Waals surface area contributed by atoms with E-state index in [1.807, 2.05) is 0 Å². The van der Waals surface area contributed by atoms with Crippen LogP contribution in [0.5, 0.6) is 0 Å². The van der Waals surface area contributed by atoms with Crippen LogP contribution in [-0.4, -0.2) is 13.1 Å². The van der Waals surface area contributed by atoms with E-state index < -0.39 is 0 Å². The fourth-order valence-electron chi connectivity index (χ4n) is 2.11. The van der Waals surface area contributed by atoms with E-state index in [0.717, 1.165) is 6.04 Å². The predicted octanol–water partition coefficient (Wildman–Crippen LogP) is 2.44. The Bertz CT molecular complexity index is 342. The second-order valence-electron chi connectivity index (χ2n) is 4.51. The zero-order valence-corrected chi connectivity index (χ0v) is 9.66. The maximum atomic E-state index is 5.66. The Kier molecular flexibility index (Phi) is 2.96. The second-order valence-corrected chi connectivity index (χ2v) is 4.51. The number of hydrogen-bond acceptors (Lipinski definition) is 2. The van der Waals surface area contributed by atoms with Crippen molar-refractivity contribution in [1.29, 1.82) is 0 Å². The lowest BCUT2D eigenvalue weighted by Gasteiger charge is -2.36. The Hall–Kier alpha value is -1.02.